The van der Waals surface area contributed by atoms with Gasteiger partial charge in [0.05, 0.1) is 0 Å². The van der Waals surface area contributed by atoms with Gasteiger partial charge in [0, 0.05) is 12.6 Å². The number of unbranched alkanes of at least 4 members (excludes halogenated alkanes) is 9. The number of carbonyl (C=O) groups excluding carboxylic acids is 1. The van der Waals surface area contributed by atoms with E-state index in [1.54, 1.807) is 0 Å². The highest BCUT2D eigenvalue weighted by Crippen LogP contribution is 2.18. The van der Waals surface area contributed by atoms with Gasteiger partial charge in [-0.25, -0.2) is 4.79 Å². The monoisotopic (exact) mass is 268 g/mol. The van der Waals surface area contributed by atoms with E-state index in [0.29, 0.717) is 6.04 Å². The molecule has 0 aromatic heterocycles. The van der Waals surface area contributed by atoms with Crippen molar-refractivity contribution in [3.8, 4) is 0 Å². The summed E-state index contributed by atoms with van der Waals surface area (Å²) in [4.78, 5) is 11.3. The number of hydrogen-bond acceptors (Lipinski definition) is 1. The number of nitrogens with one attached hydrogen (secondary N) is 2. The second-order valence-electron chi connectivity index (χ2n) is 5.86. The molecule has 1 aliphatic carbocycles. The van der Waals surface area contributed by atoms with Gasteiger partial charge in [-0.1, -0.05) is 64.7 Å². The van der Waals surface area contributed by atoms with Gasteiger partial charge in [0.15, 0.2) is 0 Å². The van der Waals surface area contributed by atoms with Crippen molar-refractivity contribution in [3.05, 3.63) is 0 Å². The van der Waals surface area contributed by atoms with Crippen molar-refractivity contribution in [1.29, 1.82) is 0 Å². The van der Waals surface area contributed by atoms with Crippen molar-refractivity contribution in [2.45, 2.75) is 90.0 Å². The zero-order valence-electron chi connectivity index (χ0n) is 12.7. The normalized spacial score (nSPS) is 14.4. The largest absolute Gasteiger partial charge is 0.338 e. The van der Waals surface area contributed by atoms with Crippen LogP contribution in [0.25, 0.3) is 0 Å². The summed E-state index contributed by atoms with van der Waals surface area (Å²) in [6.45, 7) is 3.09. The van der Waals surface area contributed by atoms with Crippen LogP contribution in [0.15, 0.2) is 0 Å². The Labute approximate surface area is 118 Å². The second kappa shape index (κ2) is 11.1. The number of rotatable bonds is 12. The molecule has 1 fully saturated rings. The molecule has 0 saturated heterocycles. The Morgan fingerprint density at radius 3 is 1.95 bits per heavy atom. The van der Waals surface area contributed by atoms with Crippen LogP contribution in [0.4, 0.5) is 4.79 Å². The summed E-state index contributed by atoms with van der Waals surface area (Å²) in [7, 11) is 0. The molecule has 3 nitrogen and oxygen atoms in total. The fraction of sp³-hybridized carbons (Fsp3) is 0.938. The Morgan fingerprint density at radius 1 is 0.895 bits per heavy atom. The third-order valence-corrected chi connectivity index (χ3v) is 3.73. The van der Waals surface area contributed by atoms with Gasteiger partial charge in [0.25, 0.3) is 0 Å². The van der Waals surface area contributed by atoms with Crippen LogP contribution >= 0.6 is 0 Å². The van der Waals surface area contributed by atoms with Crippen molar-refractivity contribution in [1.82, 2.24) is 10.6 Å². The molecule has 2 N–H and O–H groups in total. The summed E-state index contributed by atoms with van der Waals surface area (Å²) in [6, 6.07) is 0.492. The van der Waals surface area contributed by atoms with Crippen LogP contribution in [-0.2, 0) is 0 Å². The molecule has 1 saturated carbocycles. The highest BCUT2D eigenvalue weighted by Gasteiger charge is 2.22. The van der Waals surface area contributed by atoms with E-state index < -0.39 is 0 Å². The molecule has 0 atom stereocenters. The van der Waals surface area contributed by atoms with E-state index in [0.717, 1.165) is 25.8 Å². The van der Waals surface area contributed by atoms with Crippen LogP contribution in [0.1, 0.15) is 84.0 Å². The molecule has 0 spiro atoms. The van der Waals surface area contributed by atoms with Gasteiger partial charge < -0.3 is 10.6 Å². The lowest BCUT2D eigenvalue weighted by Gasteiger charge is -2.06. The van der Waals surface area contributed by atoms with Gasteiger partial charge in [-0.2, -0.15) is 0 Å². The zero-order valence-corrected chi connectivity index (χ0v) is 12.7. The van der Waals surface area contributed by atoms with Crippen molar-refractivity contribution in [2.75, 3.05) is 6.54 Å². The number of carbonyl (C=O) groups is 1. The topological polar surface area (TPSA) is 41.1 Å². The Morgan fingerprint density at radius 2 is 1.42 bits per heavy atom. The van der Waals surface area contributed by atoms with Gasteiger partial charge in [0.2, 0.25) is 0 Å². The zero-order chi connectivity index (χ0) is 13.8. The Balaban J connectivity index is 1.70. The minimum Gasteiger partial charge on any atom is -0.338 e. The molecule has 0 heterocycles. The number of urea groups is 1. The predicted octanol–water partition coefficient (Wildman–Crippen LogP) is 4.37. The third-order valence-electron chi connectivity index (χ3n) is 3.73. The molecule has 1 rings (SSSR count). The summed E-state index contributed by atoms with van der Waals surface area (Å²) in [6.07, 6.45) is 15.7. The number of amides is 2. The molecular weight excluding hydrogens is 236 g/mol. The summed E-state index contributed by atoms with van der Waals surface area (Å²) in [5.74, 6) is 0. The highest BCUT2D eigenvalue weighted by atomic mass is 16.2. The highest BCUT2D eigenvalue weighted by molar-refractivity contribution is 5.74. The summed E-state index contributed by atoms with van der Waals surface area (Å²) in [5, 5.41) is 5.87. The molecule has 19 heavy (non-hydrogen) atoms. The Kier molecular flexibility index (Phi) is 9.56. The lowest BCUT2D eigenvalue weighted by atomic mass is 10.1. The smallest absolute Gasteiger partial charge is 0.315 e. The van der Waals surface area contributed by atoms with Crippen LogP contribution in [0, 0.1) is 0 Å². The Bertz CT molecular complexity index is 227. The van der Waals surface area contributed by atoms with Gasteiger partial charge in [0.1, 0.15) is 0 Å². The fourth-order valence-electron chi connectivity index (χ4n) is 2.28. The first kappa shape index (κ1) is 16.3. The predicted molar refractivity (Wildman–Crippen MR) is 81.4 cm³/mol. The summed E-state index contributed by atoms with van der Waals surface area (Å²) >= 11 is 0. The fourth-order valence-corrected chi connectivity index (χ4v) is 2.28. The van der Waals surface area contributed by atoms with Crippen LogP contribution in [0.5, 0.6) is 0 Å². The van der Waals surface area contributed by atoms with E-state index >= 15 is 0 Å². The quantitative estimate of drug-likeness (QED) is 0.507. The average molecular weight is 268 g/mol. The minimum absolute atomic E-state index is 0.0263. The SMILES string of the molecule is CCCCCCCCCCCCNC(=O)NC1CC1. The molecule has 0 radical (unpaired) electrons. The van der Waals surface area contributed by atoms with Crippen molar-refractivity contribution >= 4 is 6.03 Å². The van der Waals surface area contributed by atoms with Gasteiger partial charge >= 0.3 is 6.03 Å². The average Bonchev–Trinajstić information content (AvgIpc) is 3.20. The van der Waals surface area contributed by atoms with Crippen LogP contribution in [0.2, 0.25) is 0 Å². The van der Waals surface area contributed by atoms with Gasteiger partial charge in [-0.3, -0.25) is 0 Å². The van der Waals surface area contributed by atoms with Gasteiger partial charge in [-0.05, 0) is 19.3 Å². The maximum absolute atomic E-state index is 11.3. The molecule has 112 valence electrons. The van der Waals surface area contributed by atoms with E-state index in [1.807, 2.05) is 0 Å². The lowest BCUT2D eigenvalue weighted by molar-refractivity contribution is 0.240. The van der Waals surface area contributed by atoms with E-state index in [4.69, 9.17) is 0 Å². The van der Waals surface area contributed by atoms with Crippen LogP contribution < -0.4 is 10.6 Å². The molecule has 0 unspecified atom stereocenters. The first-order chi connectivity index (χ1) is 9.33. The van der Waals surface area contributed by atoms with Crippen molar-refractivity contribution < 1.29 is 4.79 Å². The van der Waals surface area contributed by atoms with E-state index in [2.05, 4.69) is 17.6 Å². The third kappa shape index (κ3) is 10.8. The molecule has 0 aliphatic heterocycles. The molecule has 2 amide bonds. The lowest BCUT2D eigenvalue weighted by Crippen LogP contribution is -2.37. The van der Waals surface area contributed by atoms with Crippen molar-refractivity contribution in [3.63, 3.8) is 0 Å². The second-order valence-corrected chi connectivity index (χ2v) is 5.86. The number of hydrogen-bond donors (Lipinski definition) is 2. The van der Waals surface area contributed by atoms with Crippen LogP contribution in [-0.4, -0.2) is 18.6 Å². The molecule has 0 bridgehead atoms. The minimum atomic E-state index is 0.0263. The van der Waals surface area contributed by atoms with Gasteiger partial charge in [-0.15, -0.1) is 0 Å². The Hall–Kier alpha value is -0.730. The molecule has 0 aromatic rings. The molecular formula is C16H32N2O. The first-order valence-corrected chi connectivity index (χ1v) is 8.37. The van der Waals surface area contributed by atoms with E-state index in [-0.39, 0.29) is 6.03 Å². The molecule has 1 aliphatic rings. The van der Waals surface area contributed by atoms with Crippen LogP contribution in [0.3, 0.4) is 0 Å². The standard InChI is InChI=1S/C16H32N2O/c1-2-3-4-5-6-7-8-9-10-11-14-17-16(19)18-15-12-13-15/h15H,2-14H2,1H3,(H2,17,18,19). The maximum Gasteiger partial charge on any atom is 0.315 e. The molecule has 3 heteroatoms. The first-order valence-electron chi connectivity index (χ1n) is 8.37. The van der Waals surface area contributed by atoms with Crippen molar-refractivity contribution in [2.24, 2.45) is 0 Å². The van der Waals surface area contributed by atoms with E-state index in [1.165, 1.54) is 57.8 Å². The molecule has 0 aromatic carbocycles. The summed E-state index contributed by atoms with van der Waals surface area (Å²) in [5.41, 5.74) is 0. The van der Waals surface area contributed by atoms with E-state index in [9.17, 15) is 4.79 Å². The maximum atomic E-state index is 11.3. The summed E-state index contributed by atoms with van der Waals surface area (Å²) < 4.78 is 0.